The fourth-order valence-corrected chi connectivity index (χ4v) is 1.60. The van der Waals surface area contributed by atoms with Crippen LogP contribution in [-0.4, -0.2) is 29.9 Å². The number of halogens is 2. The zero-order valence-electron chi connectivity index (χ0n) is 10.4. The Morgan fingerprint density at radius 3 is 2.44 bits per heavy atom. The lowest BCUT2D eigenvalue weighted by atomic mass is 10.2. The molecule has 0 aromatic carbocycles. The predicted molar refractivity (Wildman–Crippen MR) is 60.0 cm³/mol. The third-order valence-corrected chi connectivity index (χ3v) is 2.49. The van der Waals surface area contributed by atoms with Crippen LogP contribution in [0.25, 0.3) is 0 Å². The van der Waals surface area contributed by atoms with E-state index in [-0.39, 0.29) is 6.54 Å². The summed E-state index contributed by atoms with van der Waals surface area (Å²) in [5.41, 5.74) is -0.704. The summed E-state index contributed by atoms with van der Waals surface area (Å²) in [6, 6.07) is 0. The van der Waals surface area contributed by atoms with Crippen molar-refractivity contribution in [2.45, 2.75) is 32.3 Å². The van der Waals surface area contributed by atoms with Crippen LogP contribution in [0, 0.1) is 24.2 Å². The number of terminal acetylenes is 1. The number of rotatable bonds is 3. The number of Topliss-reactive ketones (excluding diaryl/α,β-unsaturated/α-hetero) is 1. The average Bonchev–Trinajstić information content (AvgIpc) is 2.74. The van der Waals surface area contributed by atoms with Crippen LogP contribution in [0.5, 0.6) is 0 Å². The molecule has 1 rings (SSSR count). The van der Waals surface area contributed by atoms with E-state index in [0.717, 1.165) is 0 Å². The summed E-state index contributed by atoms with van der Waals surface area (Å²) in [5.74, 6) is -5.13. The van der Waals surface area contributed by atoms with Crippen LogP contribution in [0.2, 0.25) is 0 Å². The summed E-state index contributed by atoms with van der Waals surface area (Å²) < 4.78 is 31.2. The highest BCUT2D eigenvalue weighted by Crippen LogP contribution is 2.55. The lowest BCUT2D eigenvalue weighted by molar-refractivity contribution is -0.116. The van der Waals surface area contributed by atoms with E-state index in [9.17, 15) is 18.4 Å². The summed E-state index contributed by atoms with van der Waals surface area (Å²) in [7, 11) is 0. The van der Waals surface area contributed by atoms with Gasteiger partial charge in [0.15, 0.2) is 0 Å². The van der Waals surface area contributed by atoms with Crippen molar-refractivity contribution in [1.29, 1.82) is 0 Å². The number of amides is 1. The quantitative estimate of drug-likeness (QED) is 0.618. The van der Waals surface area contributed by atoms with Gasteiger partial charge < -0.3 is 10.1 Å². The molecule has 1 N–H and O–H groups in total. The lowest BCUT2D eigenvalue weighted by Gasteiger charge is -2.19. The van der Waals surface area contributed by atoms with Crippen LogP contribution in [0.15, 0.2) is 0 Å². The molecule has 1 aliphatic rings. The molecule has 0 bridgehead atoms. The van der Waals surface area contributed by atoms with Crippen LogP contribution in [0.4, 0.5) is 13.6 Å². The average molecular weight is 259 g/mol. The number of carbonyl (C=O) groups excluding carboxylic acids is 2. The van der Waals surface area contributed by atoms with Crippen molar-refractivity contribution in [3.05, 3.63) is 0 Å². The van der Waals surface area contributed by atoms with Crippen LogP contribution < -0.4 is 5.32 Å². The summed E-state index contributed by atoms with van der Waals surface area (Å²) in [5, 5.41) is 2.20. The van der Waals surface area contributed by atoms with Crippen molar-refractivity contribution in [1.82, 2.24) is 5.32 Å². The van der Waals surface area contributed by atoms with Crippen molar-refractivity contribution >= 4 is 11.9 Å². The standard InChI is InChI=1S/C12H15F2NO3/c1-5-8(16)9-7(12(9,13)14)6-15-10(17)18-11(2,3)4/h1,7,9H,6H2,2-4H3,(H,15,17)/t7-,9-/m1/s1. The van der Waals surface area contributed by atoms with Gasteiger partial charge in [-0.15, -0.1) is 6.42 Å². The molecule has 4 nitrogen and oxygen atoms in total. The van der Waals surface area contributed by atoms with Gasteiger partial charge >= 0.3 is 6.09 Å². The molecule has 1 fully saturated rings. The number of ether oxygens (including phenoxy) is 1. The zero-order chi connectivity index (χ0) is 14.1. The van der Waals surface area contributed by atoms with Crippen molar-refractivity contribution in [2.75, 3.05) is 6.54 Å². The Morgan fingerprint density at radius 2 is 2.00 bits per heavy atom. The first-order valence-corrected chi connectivity index (χ1v) is 5.44. The van der Waals surface area contributed by atoms with E-state index < -0.39 is 35.2 Å². The Balaban J connectivity index is 2.45. The predicted octanol–water partition coefficient (Wildman–Crippen LogP) is 1.59. The minimum absolute atomic E-state index is 0.333. The maximum absolute atomic E-state index is 13.2. The second kappa shape index (κ2) is 4.56. The molecular formula is C12H15F2NO3. The first-order chi connectivity index (χ1) is 8.09. The second-order valence-corrected chi connectivity index (χ2v) is 5.15. The van der Waals surface area contributed by atoms with Crippen LogP contribution in [-0.2, 0) is 9.53 Å². The normalized spacial score (nSPS) is 24.9. The third-order valence-electron chi connectivity index (χ3n) is 2.49. The molecule has 18 heavy (non-hydrogen) atoms. The Bertz CT molecular complexity index is 407. The van der Waals surface area contributed by atoms with E-state index in [1.54, 1.807) is 26.7 Å². The van der Waals surface area contributed by atoms with Gasteiger partial charge in [0.2, 0.25) is 5.78 Å². The summed E-state index contributed by atoms with van der Waals surface area (Å²) >= 11 is 0. The number of hydrogen-bond donors (Lipinski definition) is 1. The Hall–Kier alpha value is -1.64. The molecule has 0 unspecified atom stereocenters. The van der Waals surface area contributed by atoms with Crippen LogP contribution in [0.3, 0.4) is 0 Å². The van der Waals surface area contributed by atoms with E-state index in [1.807, 2.05) is 0 Å². The van der Waals surface area contributed by atoms with Crippen molar-refractivity contribution in [3.63, 3.8) is 0 Å². The largest absolute Gasteiger partial charge is 0.444 e. The SMILES string of the molecule is C#CC(=O)[C@H]1[C@@H](CNC(=O)OC(C)(C)C)C1(F)F. The maximum Gasteiger partial charge on any atom is 0.407 e. The number of ketones is 1. The Kier molecular flexibility index (Phi) is 3.65. The number of alkyl carbamates (subject to hydrolysis) is 1. The topological polar surface area (TPSA) is 55.4 Å². The molecule has 100 valence electrons. The molecular weight excluding hydrogens is 244 g/mol. The Labute approximate surface area is 104 Å². The summed E-state index contributed by atoms with van der Waals surface area (Å²) in [4.78, 5) is 22.3. The first kappa shape index (κ1) is 14.4. The molecule has 0 heterocycles. The van der Waals surface area contributed by atoms with Gasteiger partial charge in [0, 0.05) is 6.54 Å². The number of nitrogens with one attached hydrogen (secondary N) is 1. The number of carbonyl (C=O) groups is 2. The number of alkyl halides is 2. The molecule has 6 heteroatoms. The minimum Gasteiger partial charge on any atom is -0.444 e. The molecule has 0 spiro atoms. The number of hydrogen-bond acceptors (Lipinski definition) is 3. The molecule has 2 atom stereocenters. The fourth-order valence-electron chi connectivity index (χ4n) is 1.60. The van der Waals surface area contributed by atoms with E-state index in [4.69, 9.17) is 11.2 Å². The van der Waals surface area contributed by atoms with E-state index in [0.29, 0.717) is 0 Å². The first-order valence-electron chi connectivity index (χ1n) is 5.44. The fraction of sp³-hybridized carbons (Fsp3) is 0.667. The molecule has 0 aromatic heterocycles. The molecule has 0 radical (unpaired) electrons. The zero-order valence-corrected chi connectivity index (χ0v) is 10.4. The smallest absolute Gasteiger partial charge is 0.407 e. The van der Waals surface area contributed by atoms with Crippen molar-refractivity contribution in [3.8, 4) is 12.3 Å². The van der Waals surface area contributed by atoms with Gasteiger partial charge in [-0.1, -0.05) is 0 Å². The van der Waals surface area contributed by atoms with Gasteiger partial charge in [-0.25, -0.2) is 13.6 Å². The van der Waals surface area contributed by atoms with Gasteiger partial charge in [-0.3, -0.25) is 4.79 Å². The van der Waals surface area contributed by atoms with Gasteiger partial charge in [-0.2, -0.15) is 0 Å². The highest BCUT2D eigenvalue weighted by Gasteiger charge is 2.71. The molecule has 0 saturated heterocycles. The summed E-state index contributed by atoms with van der Waals surface area (Å²) in [6.45, 7) is 4.63. The monoisotopic (exact) mass is 259 g/mol. The van der Waals surface area contributed by atoms with Gasteiger partial charge in [0.1, 0.15) is 11.5 Å². The molecule has 0 aromatic rings. The van der Waals surface area contributed by atoms with E-state index >= 15 is 0 Å². The van der Waals surface area contributed by atoms with Crippen LogP contribution >= 0.6 is 0 Å². The summed E-state index contributed by atoms with van der Waals surface area (Å²) in [6.07, 6.45) is 4.00. The highest BCUT2D eigenvalue weighted by molar-refractivity contribution is 6.00. The van der Waals surface area contributed by atoms with E-state index in [1.165, 1.54) is 0 Å². The minimum atomic E-state index is -3.14. The molecule has 0 aliphatic heterocycles. The molecule has 1 saturated carbocycles. The van der Waals surface area contributed by atoms with Gasteiger partial charge in [-0.05, 0) is 26.7 Å². The van der Waals surface area contributed by atoms with Crippen LogP contribution in [0.1, 0.15) is 20.8 Å². The van der Waals surface area contributed by atoms with E-state index in [2.05, 4.69) is 5.32 Å². The van der Waals surface area contributed by atoms with Gasteiger partial charge in [0.05, 0.1) is 5.92 Å². The van der Waals surface area contributed by atoms with Crippen molar-refractivity contribution < 1.29 is 23.1 Å². The molecule has 1 aliphatic carbocycles. The van der Waals surface area contributed by atoms with Gasteiger partial charge in [0.25, 0.3) is 5.92 Å². The molecule has 1 amide bonds. The third kappa shape index (κ3) is 3.19. The highest BCUT2D eigenvalue weighted by atomic mass is 19.3. The van der Waals surface area contributed by atoms with Crippen molar-refractivity contribution in [2.24, 2.45) is 11.8 Å². The lowest BCUT2D eigenvalue weighted by Crippen LogP contribution is -2.34. The second-order valence-electron chi connectivity index (χ2n) is 5.15. The maximum atomic E-state index is 13.2. The Morgan fingerprint density at radius 1 is 1.44 bits per heavy atom.